The van der Waals surface area contributed by atoms with Gasteiger partial charge >= 0.3 is 5.97 Å². The van der Waals surface area contributed by atoms with Crippen molar-refractivity contribution in [3.63, 3.8) is 0 Å². The van der Waals surface area contributed by atoms with Gasteiger partial charge in [0.05, 0.1) is 22.1 Å². The highest BCUT2D eigenvalue weighted by atomic mass is 79.9. The van der Waals surface area contributed by atoms with Crippen molar-refractivity contribution in [2.24, 2.45) is 0 Å². The maximum Gasteiger partial charge on any atom is 0.338 e. The SMILES string of the molecule is O=C(O)c1c2cc(F)ccc2nc2c1[nH]c1ccc(Br)cc12. The number of halogens is 2. The molecule has 0 saturated carbocycles. The first-order valence-electron chi connectivity index (χ1n) is 6.48. The van der Waals surface area contributed by atoms with Crippen molar-refractivity contribution in [1.82, 2.24) is 9.97 Å². The second kappa shape index (κ2) is 4.51. The number of aromatic nitrogens is 2. The molecule has 22 heavy (non-hydrogen) atoms. The van der Waals surface area contributed by atoms with Crippen LogP contribution < -0.4 is 0 Å². The monoisotopic (exact) mass is 358 g/mol. The number of carbonyl (C=O) groups is 1. The minimum atomic E-state index is -1.12. The molecular formula is C16H8BrFN2O2. The quantitative estimate of drug-likeness (QED) is 0.527. The van der Waals surface area contributed by atoms with E-state index in [1.54, 1.807) is 0 Å². The lowest BCUT2D eigenvalue weighted by Crippen LogP contribution is -2.01. The van der Waals surface area contributed by atoms with E-state index in [2.05, 4.69) is 25.9 Å². The maximum absolute atomic E-state index is 13.5. The third kappa shape index (κ3) is 1.80. The van der Waals surface area contributed by atoms with Crippen LogP contribution in [0.2, 0.25) is 0 Å². The molecular weight excluding hydrogens is 351 g/mol. The number of nitrogens with one attached hydrogen (secondary N) is 1. The average molecular weight is 359 g/mol. The van der Waals surface area contributed by atoms with Crippen LogP contribution in [0, 0.1) is 5.82 Å². The fourth-order valence-corrected chi connectivity index (χ4v) is 3.09. The number of nitrogens with zero attached hydrogens (tertiary/aromatic N) is 1. The smallest absolute Gasteiger partial charge is 0.338 e. The number of benzene rings is 2. The number of pyridine rings is 1. The molecule has 4 rings (SSSR count). The van der Waals surface area contributed by atoms with Crippen LogP contribution in [-0.2, 0) is 0 Å². The first-order valence-corrected chi connectivity index (χ1v) is 7.27. The van der Waals surface area contributed by atoms with Crippen LogP contribution in [0.3, 0.4) is 0 Å². The largest absolute Gasteiger partial charge is 0.478 e. The lowest BCUT2D eigenvalue weighted by molar-refractivity contribution is 0.0701. The summed E-state index contributed by atoms with van der Waals surface area (Å²) in [5.41, 5.74) is 2.23. The number of carboxylic acid groups (broad SMARTS) is 1. The van der Waals surface area contributed by atoms with Crippen molar-refractivity contribution >= 4 is 54.7 Å². The zero-order valence-corrected chi connectivity index (χ0v) is 12.6. The predicted molar refractivity (Wildman–Crippen MR) is 85.7 cm³/mol. The number of aromatic carboxylic acids is 1. The molecule has 4 nitrogen and oxygen atoms in total. The van der Waals surface area contributed by atoms with E-state index in [4.69, 9.17) is 0 Å². The zero-order chi connectivity index (χ0) is 15.4. The summed E-state index contributed by atoms with van der Waals surface area (Å²) in [5.74, 6) is -1.61. The Kier molecular flexibility index (Phi) is 2.71. The molecule has 0 unspecified atom stereocenters. The van der Waals surface area contributed by atoms with Crippen LogP contribution in [0.15, 0.2) is 40.9 Å². The number of aromatic amines is 1. The van der Waals surface area contributed by atoms with Crippen LogP contribution in [0.4, 0.5) is 4.39 Å². The van der Waals surface area contributed by atoms with Crippen molar-refractivity contribution in [2.45, 2.75) is 0 Å². The molecule has 2 aromatic heterocycles. The van der Waals surface area contributed by atoms with Gasteiger partial charge < -0.3 is 10.1 Å². The predicted octanol–water partition coefficient (Wildman–Crippen LogP) is 4.47. The molecule has 0 aliphatic heterocycles. The molecule has 4 aromatic rings. The van der Waals surface area contributed by atoms with Crippen molar-refractivity contribution < 1.29 is 14.3 Å². The molecule has 2 heterocycles. The maximum atomic E-state index is 13.5. The number of carboxylic acids is 1. The normalized spacial score (nSPS) is 11.5. The van der Waals surface area contributed by atoms with Gasteiger partial charge in [-0.15, -0.1) is 0 Å². The minimum Gasteiger partial charge on any atom is -0.478 e. The highest BCUT2D eigenvalue weighted by Crippen LogP contribution is 2.32. The molecule has 0 radical (unpaired) electrons. The Balaban J connectivity index is 2.30. The van der Waals surface area contributed by atoms with E-state index in [1.165, 1.54) is 18.2 Å². The second-order valence-electron chi connectivity index (χ2n) is 4.99. The lowest BCUT2D eigenvalue weighted by Gasteiger charge is -2.04. The lowest BCUT2D eigenvalue weighted by atomic mass is 10.1. The third-order valence-corrected chi connectivity index (χ3v) is 4.15. The van der Waals surface area contributed by atoms with Crippen molar-refractivity contribution in [3.05, 3.63) is 52.3 Å². The zero-order valence-electron chi connectivity index (χ0n) is 11.0. The molecule has 2 aromatic carbocycles. The fraction of sp³-hybridized carbons (Fsp3) is 0. The number of rotatable bonds is 1. The number of fused-ring (bicyclic) bond motifs is 4. The third-order valence-electron chi connectivity index (χ3n) is 3.66. The van der Waals surface area contributed by atoms with E-state index >= 15 is 0 Å². The van der Waals surface area contributed by atoms with Gasteiger partial charge in [0.2, 0.25) is 0 Å². The molecule has 2 N–H and O–H groups in total. The summed E-state index contributed by atoms with van der Waals surface area (Å²) < 4.78 is 14.4. The summed E-state index contributed by atoms with van der Waals surface area (Å²) in [6.07, 6.45) is 0. The van der Waals surface area contributed by atoms with E-state index in [-0.39, 0.29) is 10.9 Å². The summed E-state index contributed by atoms with van der Waals surface area (Å²) in [6.45, 7) is 0. The molecule has 6 heteroatoms. The Morgan fingerprint density at radius 3 is 2.77 bits per heavy atom. The van der Waals surface area contributed by atoms with Gasteiger partial charge in [-0.1, -0.05) is 15.9 Å². The van der Waals surface area contributed by atoms with E-state index in [0.29, 0.717) is 16.6 Å². The highest BCUT2D eigenvalue weighted by Gasteiger charge is 2.19. The first kappa shape index (κ1) is 13.2. The highest BCUT2D eigenvalue weighted by molar-refractivity contribution is 9.10. The molecule has 0 fully saturated rings. The second-order valence-corrected chi connectivity index (χ2v) is 5.91. The Labute approximate surface area is 131 Å². The molecule has 108 valence electrons. The molecule has 0 amide bonds. The van der Waals surface area contributed by atoms with Gasteiger partial charge in [-0.3, -0.25) is 0 Å². The fourth-order valence-electron chi connectivity index (χ4n) is 2.73. The van der Waals surface area contributed by atoms with E-state index < -0.39 is 11.8 Å². The molecule has 0 aliphatic rings. The summed E-state index contributed by atoms with van der Waals surface area (Å²) in [5, 5.41) is 10.7. The van der Waals surface area contributed by atoms with Gasteiger partial charge in [0.25, 0.3) is 0 Å². The minimum absolute atomic E-state index is 0.0341. The van der Waals surface area contributed by atoms with Crippen LogP contribution in [0.1, 0.15) is 10.4 Å². The van der Waals surface area contributed by atoms with Gasteiger partial charge in [-0.2, -0.15) is 0 Å². The Hall–Kier alpha value is -2.47. The van der Waals surface area contributed by atoms with Crippen LogP contribution in [0.25, 0.3) is 32.8 Å². The van der Waals surface area contributed by atoms with E-state index in [0.717, 1.165) is 15.4 Å². The van der Waals surface area contributed by atoms with Crippen LogP contribution in [0.5, 0.6) is 0 Å². The van der Waals surface area contributed by atoms with E-state index in [9.17, 15) is 14.3 Å². The standard InChI is InChI=1S/C16H8BrFN2O2/c17-7-1-3-12-10(5-7)14-15(20-12)13(16(21)22)9-6-8(18)2-4-11(9)19-14/h1-6,20H,(H,21,22). The molecule has 0 atom stereocenters. The van der Waals surface area contributed by atoms with E-state index in [1.807, 2.05) is 18.2 Å². The average Bonchev–Trinajstić information content (AvgIpc) is 2.81. The van der Waals surface area contributed by atoms with Gasteiger partial charge in [-0.05, 0) is 36.4 Å². The van der Waals surface area contributed by atoms with Crippen molar-refractivity contribution in [3.8, 4) is 0 Å². The molecule has 0 saturated heterocycles. The topological polar surface area (TPSA) is 66.0 Å². The molecule has 0 bridgehead atoms. The summed E-state index contributed by atoms with van der Waals surface area (Å²) >= 11 is 3.40. The first-order chi connectivity index (χ1) is 10.5. The van der Waals surface area contributed by atoms with Gasteiger partial charge in [-0.25, -0.2) is 14.2 Å². The number of hydrogen-bond acceptors (Lipinski definition) is 2. The summed E-state index contributed by atoms with van der Waals surface area (Å²) in [6, 6.07) is 9.55. The number of hydrogen-bond donors (Lipinski definition) is 2. The number of H-pyrrole nitrogens is 1. The van der Waals surface area contributed by atoms with Crippen molar-refractivity contribution in [2.75, 3.05) is 0 Å². The van der Waals surface area contributed by atoms with Crippen LogP contribution in [-0.4, -0.2) is 21.0 Å². The van der Waals surface area contributed by atoms with Crippen LogP contribution >= 0.6 is 15.9 Å². The Morgan fingerprint density at radius 2 is 2.00 bits per heavy atom. The Morgan fingerprint density at radius 1 is 1.18 bits per heavy atom. The molecule has 0 aliphatic carbocycles. The van der Waals surface area contributed by atoms with Gasteiger partial charge in [0.15, 0.2) is 0 Å². The van der Waals surface area contributed by atoms with Gasteiger partial charge in [0, 0.05) is 20.8 Å². The summed E-state index contributed by atoms with van der Waals surface area (Å²) in [7, 11) is 0. The Bertz CT molecular complexity index is 1090. The van der Waals surface area contributed by atoms with Crippen molar-refractivity contribution in [1.29, 1.82) is 0 Å². The van der Waals surface area contributed by atoms with Gasteiger partial charge in [0.1, 0.15) is 5.82 Å². The molecule has 0 spiro atoms. The summed E-state index contributed by atoms with van der Waals surface area (Å²) in [4.78, 5) is 19.3.